The van der Waals surface area contributed by atoms with E-state index in [1.807, 2.05) is 0 Å². The predicted octanol–water partition coefficient (Wildman–Crippen LogP) is 17.5. The summed E-state index contributed by atoms with van der Waals surface area (Å²) in [7, 11) is 0. The maximum atomic E-state index is 2.46. The summed E-state index contributed by atoms with van der Waals surface area (Å²) in [6.07, 6.45) is 0. The van der Waals surface area contributed by atoms with Gasteiger partial charge in [0.2, 0.25) is 0 Å². The van der Waals surface area contributed by atoms with Gasteiger partial charge >= 0.3 is 0 Å². The van der Waals surface area contributed by atoms with E-state index < -0.39 is 5.41 Å². The van der Waals surface area contributed by atoms with E-state index in [9.17, 15) is 0 Å². The smallest absolute Gasteiger partial charge is 0.0713 e. The minimum atomic E-state index is -0.451. The van der Waals surface area contributed by atoms with Gasteiger partial charge in [0.1, 0.15) is 0 Å². The van der Waals surface area contributed by atoms with Gasteiger partial charge in [-0.3, -0.25) is 0 Å². The monoisotopic (exact) mass is 853 g/mol. The molecule has 2 aliphatic carbocycles. The highest BCUT2D eigenvalue weighted by Crippen LogP contribution is 2.57. The van der Waals surface area contributed by atoms with Crippen LogP contribution >= 0.6 is 0 Å². The van der Waals surface area contributed by atoms with Crippen LogP contribution < -0.4 is 4.90 Å². The van der Waals surface area contributed by atoms with E-state index in [0.717, 1.165) is 17.1 Å². The molecule has 67 heavy (non-hydrogen) atoms. The standard InChI is InChI=1S/C66H47N/c1-65(2)61-27-15-13-25-56(61)58-40-38-52(43-63(58)65)67(51-36-31-45(32-37-51)60-41-47-17-9-10-22-53(47)54-23-11-12-24-55(54)60)50-34-29-44(30-35-50)46-33-39-59-57-26-14-16-28-62(57)66(64(59)42-46,48-18-5-3-6-19-48)49-20-7-4-8-21-49/h3-43H,1-2H3. The average molecular weight is 854 g/mol. The van der Waals surface area contributed by atoms with E-state index in [4.69, 9.17) is 0 Å². The Morgan fingerprint density at radius 3 is 1.45 bits per heavy atom. The van der Waals surface area contributed by atoms with Crippen molar-refractivity contribution in [3.63, 3.8) is 0 Å². The first-order chi connectivity index (χ1) is 33.0. The molecule has 2 aliphatic rings. The van der Waals surface area contributed by atoms with Gasteiger partial charge in [0, 0.05) is 22.5 Å². The first-order valence-electron chi connectivity index (χ1n) is 23.5. The van der Waals surface area contributed by atoms with Crippen LogP contribution in [0, 0.1) is 0 Å². The van der Waals surface area contributed by atoms with Gasteiger partial charge in [-0.05, 0) is 148 Å². The molecule has 0 radical (unpaired) electrons. The quantitative estimate of drug-likeness (QED) is 0.144. The summed E-state index contributed by atoms with van der Waals surface area (Å²) in [5, 5.41) is 5.08. The largest absolute Gasteiger partial charge is 0.310 e. The lowest BCUT2D eigenvalue weighted by Crippen LogP contribution is -2.28. The molecule has 0 aromatic heterocycles. The molecule has 0 heterocycles. The van der Waals surface area contributed by atoms with Gasteiger partial charge in [0.05, 0.1) is 5.41 Å². The molecule has 0 saturated heterocycles. The molecule has 11 aromatic rings. The molecule has 13 rings (SSSR count). The lowest BCUT2D eigenvalue weighted by Gasteiger charge is -2.34. The zero-order valence-electron chi connectivity index (χ0n) is 37.6. The molecule has 0 spiro atoms. The fourth-order valence-corrected chi connectivity index (χ4v) is 11.8. The van der Waals surface area contributed by atoms with E-state index in [1.165, 1.54) is 99.4 Å². The molecule has 11 aromatic carbocycles. The van der Waals surface area contributed by atoms with Crippen molar-refractivity contribution in [3.8, 4) is 44.5 Å². The summed E-state index contributed by atoms with van der Waals surface area (Å²) >= 11 is 0. The van der Waals surface area contributed by atoms with E-state index in [0.29, 0.717) is 0 Å². The second-order valence-electron chi connectivity index (χ2n) is 18.8. The number of benzene rings is 11. The van der Waals surface area contributed by atoms with Gasteiger partial charge in [0.15, 0.2) is 0 Å². The molecule has 1 nitrogen and oxygen atoms in total. The second-order valence-corrected chi connectivity index (χ2v) is 18.8. The summed E-state index contributed by atoms with van der Waals surface area (Å²) in [4.78, 5) is 2.43. The van der Waals surface area contributed by atoms with Crippen LogP contribution in [0.25, 0.3) is 66.1 Å². The van der Waals surface area contributed by atoms with Crippen molar-refractivity contribution in [2.24, 2.45) is 0 Å². The minimum absolute atomic E-state index is 0.125. The zero-order valence-corrected chi connectivity index (χ0v) is 37.6. The van der Waals surface area contributed by atoms with E-state index in [-0.39, 0.29) is 5.41 Å². The predicted molar refractivity (Wildman–Crippen MR) is 282 cm³/mol. The topological polar surface area (TPSA) is 3.24 Å². The minimum Gasteiger partial charge on any atom is -0.310 e. The molecule has 0 bridgehead atoms. The van der Waals surface area contributed by atoms with Crippen molar-refractivity contribution >= 4 is 38.6 Å². The van der Waals surface area contributed by atoms with E-state index in [1.54, 1.807) is 0 Å². The summed E-state index contributed by atoms with van der Waals surface area (Å²) in [6, 6.07) is 92.5. The van der Waals surface area contributed by atoms with E-state index >= 15 is 0 Å². The summed E-state index contributed by atoms with van der Waals surface area (Å²) in [6.45, 7) is 4.73. The lowest BCUT2D eigenvalue weighted by molar-refractivity contribution is 0.660. The van der Waals surface area contributed by atoms with Gasteiger partial charge in [-0.1, -0.05) is 214 Å². The van der Waals surface area contributed by atoms with Crippen molar-refractivity contribution in [1.29, 1.82) is 0 Å². The Hall–Kier alpha value is -8.26. The van der Waals surface area contributed by atoms with Crippen molar-refractivity contribution < 1.29 is 0 Å². The summed E-state index contributed by atoms with van der Waals surface area (Å²) < 4.78 is 0. The zero-order chi connectivity index (χ0) is 44.7. The number of rotatable bonds is 7. The van der Waals surface area contributed by atoms with Crippen LogP contribution in [0.5, 0.6) is 0 Å². The lowest BCUT2D eigenvalue weighted by atomic mass is 9.67. The molecule has 316 valence electrons. The first-order valence-corrected chi connectivity index (χ1v) is 23.5. The van der Waals surface area contributed by atoms with Crippen molar-refractivity contribution in [3.05, 3.63) is 282 Å². The highest BCUT2D eigenvalue weighted by atomic mass is 15.1. The van der Waals surface area contributed by atoms with Gasteiger partial charge in [-0.2, -0.15) is 0 Å². The molecule has 0 atom stereocenters. The number of nitrogens with zero attached hydrogens (tertiary/aromatic N) is 1. The van der Waals surface area contributed by atoms with Gasteiger partial charge < -0.3 is 4.90 Å². The Labute approximate surface area is 392 Å². The van der Waals surface area contributed by atoms with Gasteiger partial charge in [-0.15, -0.1) is 0 Å². The molecular formula is C66H47N. The molecule has 1 heteroatoms. The molecule has 0 unspecified atom stereocenters. The molecule has 0 fully saturated rings. The SMILES string of the molecule is CC1(C)c2ccccc2-c2ccc(N(c3ccc(-c4ccc5c(c4)C(c4ccccc4)(c4ccccc4)c4ccccc4-5)cc3)c3ccc(-c4cc5ccccc5c5ccccc45)cc3)cc21. The first kappa shape index (κ1) is 39.1. The molecule has 0 amide bonds. The fraction of sp³-hybridized carbons (Fsp3) is 0.0606. The van der Waals surface area contributed by atoms with Crippen LogP contribution in [0.2, 0.25) is 0 Å². The summed E-state index contributed by atoms with van der Waals surface area (Å²) in [5.41, 5.74) is 20.8. The highest BCUT2D eigenvalue weighted by Gasteiger charge is 2.46. The van der Waals surface area contributed by atoms with Crippen LogP contribution in [0.4, 0.5) is 17.1 Å². The number of hydrogen-bond acceptors (Lipinski definition) is 1. The van der Waals surface area contributed by atoms with Crippen LogP contribution in [-0.2, 0) is 10.8 Å². The Morgan fingerprint density at radius 2 is 0.761 bits per heavy atom. The Balaban J connectivity index is 0.939. The van der Waals surface area contributed by atoms with Crippen LogP contribution in [0.3, 0.4) is 0 Å². The third kappa shape index (κ3) is 5.94. The highest BCUT2D eigenvalue weighted by molar-refractivity contribution is 6.13. The van der Waals surface area contributed by atoms with Gasteiger partial charge in [0.25, 0.3) is 0 Å². The molecular weight excluding hydrogens is 807 g/mol. The normalized spacial score (nSPS) is 13.8. The Morgan fingerprint density at radius 1 is 0.284 bits per heavy atom. The molecule has 0 N–H and O–H groups in total. The van der Waals surface area contributed by atoms with Crippen LogP contribution in [-0.4, -0.2) is 0 Å². The third-order valence-electron chi connectivity index (χ3n) is 14.9. The number of hydrogen-bond donors (Lipinski definition) is 0. The average Bonchev–Trinajstić information content (AvgIpc) is 3.82. The maximum Gasteiger partial charge on any atom is 0.0713 e. The van der Waals surface area contributed by atoms with Crippen LogP contribution in [0.1, 0.15) is 47.2 Å². The molecule has 0 saturated carbocycles. The van der Waals surface area contributed by atoms with Crippen molar-refractivity contribution in [2.45, 2.75) is 24.7 Å². The fourth-order valence-electron chi connectivity index (χ4n) is 11.8. The Kier molecular flexibility index (Phi) is 8.85. The number of anilines is 3. The third-order valence-corrected chi connectivity index (χ3v) is 14.9. The summed E-state index contributed by atoms with van der Waals surface area (Å²) in [5.74, 6) is 0. The van der Waals surface area contributed by atoms with Crippen LogP contribution in [0.15, 0.2) is 249 Å². The van der Waals surface area contributed by atoms with Gasteiger partial charge in [-0.25, -0.2) is 0 Å². The molecule has 0 aliphatic heterocycles. The van der Waals surface area contributed by atoms with Crippen molar-refractivity contribution in [2.75, 3.05) is 4.90 Å². The maximum absolute atomic E-state index is 2.46. The number of fused-ring (bicyclic) bond motifs is 9. The van der Waals surface area contributed by atoms with E-state index in [2.05, 4.69) is 267 Å². The Bertz CT molecular complexity index is 3650. The second kappa shape index (κ2) is 15.2. The van der Waals surface area contributed by atoms with Crippen molar-refractivity contribution in [1.82, 2.24) is 0 Å².